The van der Waals surface area contributed by atoms with Crippen molar-refractivity contribution in [1.82, 2.24) is 14.4 Å². The van der Waals surface area contributed by atoms with E-state index in [-0.39, 0.29) is 12.3 Å². The number of fused-ring (bicyclic) bond motifs is 1. The molecule has 0 unspecified atom stereocenters. The number of aromatic nitrogens is 3. The number of rotatable bonds is 2. The molecule has 0 saturated carbocycles. The van der Waals surface area contributed by atoms with Crippen molar-refractivity contribution >= 4 is 11.7 Å². The first-order valence-corrected chi connectivity index (χ1v) is 4.25. The summed E-state index contributed by atoms with van der Waals surface area (Å²) in [6.45, 7) is 1.89. The maximum Gasteiger partial charge on any atom is 0.234 e. The smallest absolute Gasteiger partial charge is 0.234 e. The van der Waals surface area contributed by atoms with E-state index in [1.165, 1.54) is 0 Å². The second-order valence-corrected chi connectivity index (χ2v) is 3.15. The second-order valence-electron chi connectivity index (χ2n) is 3.15. The third-order valence-corrected chi connectivity index (χ3v) is 1.87. The van der Waals surface area contributed by atoms with Crippen molar-refractivity contribution in [3.8, 4) is 0 Å². The highest BCUT2D eigenvalue weighted by Crippen LogP contribution is 2.03. The number of primary amides is 1. The Labute approximate surface area is 80.6 Å². The molecule has 0 aliphatic heterocycles. The van der Waals surface area contributed by atoms with Gasteiger partial charge in [-0.2, -0.15) is 0 Å². The van der Waals surface area contributed by atoms with Crippen molar-refractivity contribution in [2.75, 3.05) is 0 Å². The minimum absolute atomic E-state index is 0.155. The van der Waals surface area contributed by atoms with Gasteiger partial charge in [0.2, 0.25) is 11.7 Å². The van der Waals surface area contributed by atoms with Crippen LogP contribution in [-0.2, 0) is 11.2 Å². The Hall–Kier alpha value is -1.91. The third-order valence-electron chi connectivity index (χ3n) is 1.87. The summed E-state index contributed by atoms with van der Waals surface area (Å²) in [7, 11) is 0. The molecule has 0 radical (unpaired) electrons. The summed E-state index contributed by atoms with van der Waals surface area (Å²) in [6.07, 6.45) is 3.77. The van der Waals surface area contributed by atoms with Gasteiger partial charge in [0.25, 0.3) is 0 Å². The largest absolute Gasteiger partial charge is 0.369 e. The third kappa shape index (κ3) is 1.56. The van der Waals surface area contributed by atoms with Gasteiger partial charge in [-0.15, -0.1) is 0 Å². The maximum absolute atomic E-state index is 10.7. The molecule has 0 fully saturated rings. The molecule has 2 rings (SSSR count). The molecule has 0 aliphatic rings. The zero-order chi connectivity index (χ0) is 10.1. The van der Waals surface area contributed by atoms with Gasteiger partial charge in [-0.1, -0.05) is 0 Å². The second kappa shape index (κ2) is 3.10. The van der Waals surface area contributed by atoms with Crippen LogP contribution in [0.1, 0.15) is 11.4 Å². The van der Waals surface area contributed by atoms with Crippen LogP contribution in [0.2, 0.25) is 0 Å². The highest BCUT2D eigenvalue weighted by Gasteiger charge is 2.04. The van der Waals surface area contributed by atoms with Gasteiger partial charge in [-0.05, 0) is 13.0 Å². The van der Waals surface area contributed by atoms with Crippen molar-refractivity contribution in [1.29, 1.82) is 0 Å². The lowest BCUT2D eigenvalue weighted by molar-refractivity contribution is -0.117. The van der Waals surface area contributed by atoms with Gasteiger partial charge in [0.1, 0.15) is 0 Å². The Kier molecular flexibility index (Phi) is 1.92. The van der Waals surface area contributed by atoms with E-state index in [0.717, 1.165) is 5.69 Å². The van der Waals surface area contributed by atoms with Gasteiger partial charge in [0.05, 0.1) is 12.1 Å². The Morgan fingerprint density at radius 1 is 1.57 bits per heavy atom. The number of imidazole rings is 1. The van der Waals surface area contributed by atoms with Crippen LogP contribution in [0.25, 0.3) is 5.78 Å². The molecule has 2 heterocycles. The molecule has 0 bridgehead atoms. The molecule has 2 aromatic rings. The van der Waals surface area contributed by atoms with Gasteiger partial charge in [0.15, 0.2) is 0 Å². The lowest BCUT2D eigenvalue weighted by Crippen LogP contribution is -2.13. The quantitative estimate of drug-likeness (QED) is 0.728. The van der Waals surface area contributed by atoms with Crippen LogP contribution in [-0.4, -0.2) is 20.3 Å². The Bertz CT molecular complexity index is 489. The van der Waals surface area contributed by atoms with E-state index in [4.69, 9.17) is 5.73 Å². The first-order valence-electron chi connectivity index (χ1n) is 4.25. The van der Waals surface area contributed by atoms with E-state index >= 15 is 0 Å². The topological polar surface area (TPSA) is 73.3 Å². The predicted molar refractivity (Wildman–Crippen MR) is 50.6 cm³/mol. The highest BCUT2D eigenvalue weighted by molar-refractivity contribution is 5.76. The Balaban J connectivity index is 2.46. The number of nitrogens with two attached hydrogens (primary N) is 1. The lowest BCUT2D eigenvalue weighted by Gasteiger charge is -1.91. The summed E-state index contributed by atoms with van der Waals surface area (Å²) in [5.41, 5.74) is 6.61. The zero-order valence-electron chi connectivity index (χ0n) is 7.77. The van der Waals surface area contributed by atoms with Crippen LogP contribution in [0.15, 0.2) is 18.5 Å². The number of hydrogen-bond donors (Lipinski definition) is 1. The predicted octanol–water partition coefficient (Wildman–Crippen LogP) is 0.0655. The van der Waals surface area contributed by atoms with E-state index in [9.17, 15) is 4.79 Å². The number of nitrogens with zero attached hydrogens (tertiary/aromatic N) is 3. The van der Waals surface area contributed by atoms with Crippen LogP contribution in [0.3, 0.4) is 0 Å². The monoisotopic (exact) mass is 190 g/mol. The molecule has 14 heavy (non-hydrogen) atoms. The van der Waals surface area contributed by atoms with Crippen molar-refractivity contribution in [3.63, 3.8) is 0 Å². The summed E-state index contributed by atoms with van der Waals surface area (Å²) in [5.74, 6) is 0.214. The molecule has 72 valence electrons. The van der Waals surface area contributed by atoms with Crippen molar-refractivity contribution in [2.24, 2.45) is 5.73 Å². The molecular weight excluding hydrogens is 180 g/mol. The SMILES string of the molecule is Cc1ccn2cc(CC(N)=O)nc2n1. The molecule has 5 heteroatoms. The first kappa shape index (κ1) is 8.68. The lowest BCUT2D eigenvalue weighted by atomic mass is 10.3. The van der Waals surface area contributed by atoms with E-state index in [1.54, 1.807) is 10.6 Å². The minimum Gasteiger partial charge on any atom is -0.369 e. The minimum atomic E-state index is -0.384. The molecular formula is C9H10N4O. The summed E-state index contributed by atoms with van der Waals surface area (Å²) in [5, 5.41) is 0. The Morgan fingerprint density at radius 2 is 2.36 bits per heavy atom. The van der Waals surface area contributed by atoms with Crippen LogP contribution in [0, 0.1) is 6.92 Å². The normalized spacial score (nSPS) is 10.6. The average Bonchev–Trinajstić information content (AvgIpc) is 2.44. The number of carbonyl (C=O) groups excluding carboxylic acids is 1. The summed E-state index contributed by atoms with van der Waals surface area (Å²) in [6, 6.07) is 1.88. The fourth-order valence-electron chi connectivity index (χ4n) is 1.27. The molecule has 0 atom stereocenters. The molecule has 0 aromatic carbocycles. The zero-order valence-corrected chi connectivity index (χ0v) is 7.77. The molecule has 1 amide bonds. The van der Waals surface area contributed by atoms with Gasteiger partial charge >= 0.3 is 0 Å². The van der Waals surface area contributed by atoms with Gasteiger partial charge in [0, 0.05) is 18.1 Å². The number of hydrogen-bond acceptors (Lipinski definition) is 3. The van der Waals surface area contributed by atoms with Crippen molar-refractivity contribution in [3.05, 3.63) is 29.8 Å². The van der Waals surface area contributed by atoms with E-state index in [1.807, 2.05) is 19.2 Å². The molecule has 2 aromatic heterocycles. The van der Waals surface area contributed by atoms with Gasteiger partial charge < -0.3 is 5.73 Å². The van der Waals surface area contributed by atoms with Gasteiger partial charge in [-0.25, -0.2) is 9.97 Å². The fraction of sp³-hybridized carbons (Fsp3) is 0.222. The number of amides is 1. The van der Waals surface area contributed by atoms with E-state index in [2.05, 4.69) is 9.97 Å². The standard InChI is InChI=1S/C9H10N4O/c1-6-2-3-13-5-7(4-8(10)14)12-9(13)11-6/h2-3,5H,4H2,1H3,(H2,10,14). The van der Waals surface area contributed by atoms with Gasteiger partial charge in [-0.3, -0.25) is 9.20 Å². The van der Waals surface area contributed by atoms with Crippen LogP contribution < -0.4 is 5.73 Å². The van der Waals surface area contributed by atoms with Crippen molar-refractivity contribution < 1.29 is 4.79 Å². The van der Waals surface area contributed by atoms with Crippen LogP contribution in [0.4, 0.5) is 0 Å². The van der Waals surface area contributed by atoms with E-state index in [0.29, 0.717) is 11.5 Å². The Morgan fingerprint density at radius 3 is 3.07 bits per heavy atom. The average molecular weight is 190 g/mol. The fourth-order valence-corrected chi connectivity index (χ4v) is 1.27. The summed E-state index contributed by atoms with van der Waals surface area (Å²) in [4.78, 5) is 19.0. The number of carbonyl (C=O) groups is 1. The number of aryl methyl sites for hydroxylation is 1. The molecule has 5 nitrogen and oxygen atoms in total. The van der Waals surface area contributed by atoms with Crippen LogP contribution >= 0.6 is 0 Å². The first-order chi connectivity index (χ1) is 6.65. The molecule has 2 N–H and O–H groups in total. The molecule has 0 saturated heterocycles. The molecule has 0 aliphatic carbocycles. The van der Waals surface area contributed by atoms with Crippen LogP contribution in [0.5, 0.6) is 0 Å². The van der Waals surface area contributed by atoms with Crippen molar-refractivity contribution in [2.45, 2.75) is 13.3 Å². The maximum atomic E-state index is 10.7. The summed E-state index contributed by atoms with van der Waals surface area (Å²) >= 11 is 0. The molecule has 0 spiro atoms. The highest BCUT2D eigenvalue weighted by atomic mass is 16.1. The summed E-state index contributed by atoms with van der Waals surface area (Å²) < 4.78 is 1.77. The van der Waals surface area contributed by atoms with E-state index < -0.39 is 0 Å².